The summed E-state index contributed by atoms with van der Waals surface area (Å²) in [5.74, 6) is -0.202. The molecule has 0 aliphatic rings. The molecule has 0 aliphatic heterocycles. The Morgan fingerprint density at radius 2 is 1.62 bits per heavy atom. The largest absolute Gasteiger partial charge is 0.383 e. The Morgan fingerprint density at radius 1 is 0.975 bits per heavy atom. The summed E-state index contributed by atoms with van der Waals surface area (Å²) >= 11 is 2.52. The van der Waals surface area contributed by atoms with Gasteiger partial charge in [0.25, 0.3) is 0 Å². The number of rotatable bonds is 16. The van der Waals surface area contributed by atoms with Crippen molar-refractivity contribution >= 4 is 50.4 Å². The summed E-state index contributed by atoms with van der Waals surface area (Å²) < 4.78 is 27.9. The lowest BCUT2D eigenvalue weighted by Crippen LogP contribution is -2.12. The molecular formula is C30H40N4O3S3. The van der Waals surface area contributed by atoms with Crippen LogP contribution in [0, 0.1) is 12.3 Å². The standard InChI is InChI=1S/C30H40N4O3S3/c1-21-13-11-16-24(34-27(35)17-9-7-5-3-4-6-8-10-18-31)28(21)22-14-12-15-23(19-22)40(36,37)26-20-25(29(32)33)39-30(26)38-2/h11-16,19-20H,3-10,17-18,31H2,1-2H3,(H3,32,33)(H,34,35). The van der Waals surface area contributed by atoms with Crippen LogP contribution in [-0.2, 0) is 14.6 Å². The first-order valence-corrected chi connectivity index (χ1v) is 17.2. The first kappa shape index (κ1) is 31.9. The van der Waals surface area contributed by atoms with Gasteiger partial charge in [0.15, 0.2) is 0 Å². The Bertz CT molecular complexity index is 1420. The third kappa shape index (κ3) is 8.42. The number of sulfone groups is 1. The maximum atomic E-state index is 13.6. The van der Waals surface area contributed by atoms with Gasteiger partial charge >= 0.3 is 0 Å². The molecule has 0 bridgehead atoms. The molecule has 3 aromatic rings. The van der Waals surface area contributed by atoms with Gasteiger partial charge in [-0.1, -0.05) is 62.8 Å². The highest BCUT2D eigenvalue weighted by atomic mass is 32.2. The number of nitrogens with one attached hydrogen (secondary N) is 2. The van der Waals surface area contributed by atoms with Crippen molar-refractivity contribution in [1.29, 1.82) is 5.41 Å². The fourth-order valence-corrected chi connectivity index (χ4v) is 8.53. The fourth-order valence-electron chi connectivity index (χ4n) is 4.62. The number of unbranched alkanes of at least 4 members (excludes halogenated alkanes) is 7. The van der Waals surface area contributed by atoms with Crippen LogP contribution >= 0.6 is 23.1 Å². The monoisotopic (exact) mass is 600 g/mol. The maximum absolute atomic E-state index is 13.6. The zero-order valence-electron chi connectivity index (χ0n) is 23.3. The Kier molecular flexibility index (Phi) is 12.2. The number of nitrogen functional groups attached to an aromatic ring is 1. The predicted octanol–water partition coefficient (Wildman–Crippen LogP) is 6.97. The van der Waals surface area contributed by atoms with E-state index in [0.717, 1.165) is 43.4 Å². The quantitative estimate of drug-likeness (QED) is 0.0606. The number of amidine groups is 1. The summed E-state index contributed by atoms with van der Waals surface area (Å²) in [5, 5.41) is 10.8. The van der Waals surface area contributed by atoms with Crippen LogP contribution in [-0.4, -0.2) is 33.0 Å². The Morgan fingerprint density at radius 3 is 2.27 bits per heavy atom. The van der Waals surface area contributed by atoms with Gasteiger partial charge in [-0.25, -0.2) is 8.42 Å². The molecule has 40 heavy (non-hydrogen) atoms. The molecule has 0 unspecified atom stereocenters. The van der Waals surface area contributed by atoms with Crippen molar-refractivity contribution in [3.63, 3.8) is 0 Å². The van der Waals surface area contributed by atoms with Gasteiger partial charge in [-0.2, -0.15) is 0 Å². The van der Waals surface area contributed by atoms with Crippen LogP contribution in [0.5, 0.6) is 0 Å². The van der Waals surface area contributed by atoms with Crippen molar-refractivity contribution in [2.24, 2.45) is 11.5 Å². The third-order valence-corrected chi connectivity index (χ3v) is 11.1. The Balaban J connectivity index is 1.74. The van der Waals surface area contributed by atoms with Crippen LogP contribution in [0.25, 0.3) is 11.1 Å². The lowest BCUT2D eigenvalue weighted by Gasteiger charge is -2.15. The Labute approximate surface area is 246 Å². The summed E-state index contributed by atoms with van der Waals surface area (Å²) in [6, 6.07) is 14.0. The SMILES string of the molecule is CSc1sc(C(=N)N)cc1S(=O)(=O)c1cccc(-c2c(C)cccc2NC(=O)CCCCCCCCCCN)c1. The second-order valence-electron chi connectivity index (χ2n) is 9.82. The second-order valence-corrected chi connectivity index (χ2v) is 13.9. The Hall–Kier alpha value is -2.66. The molecule has 3 rings (SSSR count). The second kappa shape index (κ2) is 15.4. The smallest absolute Gasteiger partial charge is 0.224 e. The first-order chi connectivity index (χ1) is 19.2. The number of hydrogen-bond donors (Lipinski definition) is 4. The van der Waals surface area contributed by atoms with E-state index in [0.29, 0.717) is 26.8 Å². The van der Waals surface area contributed by atoms with Gasteiger partial charge in [0, 0.05) is 17.7 Å². The molecule has 1 amide bonds. The summed E-state index contributed by atoms with van der Waals surface area (Å²) in [7, 11) is -3.86. The van der Waals surface area contributed by atoms with E-state index in [1.807, 2.05) is 31.2 Å². The van der Waals surface area contributed by atoms with Crippen molar-refractivity contribution < 1.29 is 13.2 Å². The molecule has 0 saturated heterocycles. The highest BCUT2D eigenvalue weighted by Gasteiger charge is 2.25. The summed E-state index contributed by atoms with van der Waals surface area (Å²) in [4.78, 5) is 13.5. The summed E-state index contributed by atoms with van der Waals surface area (Å²) in [6.45, 7) is 2.71. The van der Waals surface area contributed by atoms with Gasteiger partial charge in [-0.05, 0) is 68.0 Å². The molecule has 10 heteroatoms. The molecule has 0 spiro atoms. The minimum Gasteiger partial charge on any atom is -0.383 e. The number of carbonyl (C=O) groups is 1. The average molecular weight is 601 g/mol. The maximum Gasteiger partial charge on any atom is 0.224 e. The molecule has 0 atom stereocenters. The third-order valence-electron chi connectivity index (χ3n) is 6.74. The van der Waals surface area contributed by atoms with Crippen molar-refractivity contribution in [2.45, 2.75) is 78.7 Å². The predicted molar refractivity (Wildman–Crippen MR) is 168 cm³/mol. The van der Waals surface area contributed by atoms with Gasteiger partial charge in [0.05, 0.1) is 18.9 Å². The normalized spacial score (nSPS) is 11.5. The van der Waals surface area contributed by atoms with Crippen LogP contribution < -0.4 is 16.8 Å². The molecule has 0 aliphatic carbocycles. The minimum atomic E-state index is -3.86. The van der Waals surface area contributed by atoms with E-state index in [1.54, 1.807) is 24.5 Å². The molecule has 6 N–H and O–H groups in total. The zero-order chi connectivity index (χ0) is 29.1. The van der Waals surface area contributed by atoms with E-state index >= 15 is 0 Å². The van der Waals surface area contributed by atoms with E-state index in [1.165, 1.54) is 54.8 Å². The number of nitrogens with two attached hydrogens (primary N) is 2. The van der Waals surface area contributed by atoms with Gasteiger partial charge in [-0.3, -0.25) is 10.2 Å². The molecule has 0 radical (unpaired) electrons. The van der Waals surface area contributed by atoms with Gasteiger partial charge < -0.3 is 16.8 Å². The van der Waals surface area contributed by atoms with Gasteiger partial charge in [0.2, 0.25) is 15.7 Å². The lowest BCUT2D eigenvalue weighted by molar-refractivity contribution is -0.116. The minimum absolute atomic E-state index is 0.0433. The van der Waals surface area contributed by atoms with E-state index in [4.69, 9.17) is 16.9 Å². The fraction of sp³-hybridized carbons (Fsp3) is 0.400. The highest BCUT2D eigenvalue weighted by Crippen LogP contribution is 2.39. The first-order valence-electron chi connectivity index (χ1n) is 13.7. The zero-order valence-corrected chi connectivity index (χ0v) is 25.7. The summed E-state index contributed by atoms with van der Waals surface area (Å²) in [5.41, 5.74) is 14.3. The van der Waals surface area contributed by atoms with Gasteiger partial charge in [0.1, 0.15) is 5.84 Å². The van der Waals surface area contributed by atoms with E-state index in [2.05, 4.69) is 5.32 Å². The molecule has 7 nitrogen and oxygen atoms in total. The van der Waals surface area contributed by atoms with Crippen molar-refractivity contribution in [3.8, 4) is 11.1 Å². The highest BCUT2D eigenvalue weighted by molar-refractivity contribution is 8.01. The summed E-state index contributed by atoms with van der Waals surface area (Å²) in [6.07, 6.45) is 11.2. The molecule has 1 heterocycles. The number of aryl methyl sites for hydroxylation is 1. The number of hydrogen-bond acceptors (Lipinski definition) is 7. The van der Waals surface area contributed by atoms with Crippen LogP contribution in [0.3, 0.4) is 0 Å². The lowest BCUT2D eigenvalue weighted by atomic mass is 9.98. The van der Waals surface area contributed by atoms with E-state index in [-0.39, 0.29) is 21.5 Å². The number of amides is 1. The average Bonchev–Trinajstić information content (AvgIpc) is 3.38. The van der Waals surface area contributed by atoms with Crippen LogP contribution in [0.1, 0.15) is 68.2 Å². The molecule has 0 saturated carbocycles. The number of anilines is 1. The van der Waals surface area contributed by atoms with Gasteiger partial charge in [-0.15, -0.1) is 23.1 Å². The molecule has 1 aromatic heterocycles. The number of benzene rings is 2. The van der Waals surface area contributed by atoms with Crippen LogP contribution in [0.4, 0.5) is 5.69 Å². The van der Waals surface area contributed by atoms with Crippen molar-refractivity contribution in [2.75, 3.05) is 18.1 Å². The molecular weight excluding hydrogens is 561 g/mol. The number of thioether (sulfide) groups is 1. The molecule has 0 fully saturated rings. The van der Waals surface area contributed by atoms with Crippen LogP contribution in [0.2, 0.25) is 0 Å². The molecule has 216 valence electrons. The van der Waals surface area contributed by atoms with Crippen molar-refractivity contribution in [3.05, 3.63) is 59.0 Å². The van der Waals surface area contributed by atoms with E-state index < -0.39 is 9.84 Å². The number of thiophene rings is 1. The topological polar surface area (TPSA) is 139 Å². The number of carbonyl (C=O) groups excluding carboxylic acids is 1. The van der Waals surface area contributed by atoms with Crippen LogP contribution in [0.15, 0.2) is 62.5 Å². The molecule has 2 aromatic carbocycles. The van der Waals surface area contributed by atoms with E-state index in [9.17, 15) is 13.2 Å². The van der Waals surface area contributed by atoms with Crippen molar-refractivity contribution in [1.82, 2.24) is 0 Å².